The molecule has 0 spiro atoms. The van der Waals surface area contributed by atoms with Crippen molar-refractivity contribution in [3.63, 3.8) is 0 Å². The van der Waals surface area contributed by atoms with Gasteiger partial charge in [-0.15, -0.1) is 0 Å². The molecule has 6 nitrogen and oxygen atoms in total. The highest BCUT2D eigenvalue weighted by atomic mass is 35.5. The van der Waals surface area contributed by atoms with Crippen LogP contribution in [0, 0.1) is 16.0 Å². The highest BCUT2D eigenvalue weighted by Gasteiger charge is 2.18. The Morgan fingerprint density at radius 3 is 2.67 bits per heavy atom. The summed E-state index contributed by atoms with van der Waals surface area (Å²) in [6.07, 6.45) is 3.07. The fourth-order valence-corrected chi connectivity index (χ4v) is 1.62. The molecular formula is C11H17ClN4O2. The molecule has 0 amide bonds. The fraction of sp³-hybridized carbons (Fsp3) is 0.636. The number of rotatable bonds is 6. The van der Waals surface area contributed by atoms with Crippen molar-refractivity contribution in [3.8, 4) is 0 Å². The van der Waals surface area contributed by atoms with Gasteiger partial charge in [-0.3, -0.25) is 10.1 Å². The Hall–Kier alpha value is -1.43. The summed E-state index contributed by atoms with van der Waals surface area (Å²) in [5.41, 5.74) is -0.157. The van der Waals surface area contributed by atoms with Crippen molar-refractivity contribution in [1.29, 1.82) is 0 Å². The smallest absolute Gasteiger partial charge is 0.329 e. The Labute approximate surface area is 111 Å². The van der Waals surface area contributed by atoms with Crippen molar-refractivity contribution >= 4 is 23.1 Å². The first-order valence-electron chi connectivity index (χ1n) is 5.83. The number of anilines is 1. The quantitative estimate of drug-likeness (QED) is 0.488. The Bertz CT molecular complexity index is 426. The van der Waals surface area contributed by atoms with Crippen LogP contribution in [0.2, 0.25) is 5.28 Å². The fourth-order valence-electron chi connectivity index (χ4n) is 1.48. The summed E-state index contributed by atoms with van der Waals surface area (Å²) >= 11 is 5.65. The van der Waals surface area contributed by atoms with Gasteiger partial charge in [0.15, 0.2) is 0 Å². The molecule has 0 aromatic carbocycles. The van der Waals surface area contributed by atoms with Crippen LogP contribution in [0.5, 0.6) is 0 Å². The summed E-state index contributed by atoms with van der Waals surface area (Å²) in [4.78, 5) is 17.8. The van der Waals surface area contributed by atoms with Gasteiger partial charge in [-0.2, -0.15) is 4.98 Å². The minimum atomic E-state index is -0.520. The molecule has 0 bridgehead atoms. The van der Waals surface area contributed by atoms with Crippen LogP contribution in [0.25, 0.3) is 0 Å². The molecule has 0 saturated carbocycles. The minimum Gasteiger partial charge on any atom is -0.362 e. The van der Waals surface area contributed by atoms with Crippen LogP contribution in [-0.4, -0.2) is 20.9 Å². The number of nitrogens with one attached hydrogen (secondary N) is 1. The maximum absolute atomic E-state index is 10.8. The van der Waals surface area contributed by atoms with Gasteiger partial charge in [0, 0.05) is 6.04 Å². The Balaban J connectivity index is 2.76. The third-order valence-electron chi connectivity index (χ3n) is 2.50. The first-order chi connectivity index (χ1) is 8.40. The Kier molecular flexibility index (Phi) is 5.27. The van der Waals surface area contributed by atoms with Crippen LogP contribution in [0.1, 0.15) is 33.6 Å². The molecule has 0 fully saturated rings. The van der Waals surface area contributed by atoms with E-state index < -0.39 is 4.92 Å². The van der Waals surface area contributed by atoms with Crippen LogP contribution in [0.4, 0.5) is 11.5 Å². The molecule has 1 aromatic rings. The van der Waals surface area contributed by atoms with E-state index in [1.807, 2.05) is 6.92 Å². The average molecular weight is 273 g/mol. The van der Waals surface area contributed by atoms with E-state index in [0.717, 1.165) is 19.0 Å². The molecule has 1 N–H and O–H groups in total. The summed E-state index contributed by atoms with van der Waals surface area (Å²) in [5.74, 6) is 0.773. The summed E-state index contributed by atoms with van der Waals surface area (Å²) in [7, 11) is 0. The summed E-state index contributed by atoms with van der Waals surface area (Å²) in [6.45, 7) is 6.23. The SMILES string of the molecule is CC(C)CCC(C)Nc1nc(Cl)ncc1[N+](=O)[O-]. The Morgan fingerprint density at radius 2 is 2.11 bits per heavy atom. The molecule has 100 valence electrons. The molecular weight excluding hydrogens is 256 g/mol. The van der Waals surface area contributed by atoms with Crippen molar-refractivity contribution < 1.29 is 4.92 Å². The van der Waals surface area contributed by atoms with Gasteiger partial charge >= 0.3 is 5.69 Å². The molecule has 18 heavy (non-hydrogen) atoms. The lowest BCUT2D eigenvalue weighted by atomic mass is 10.0. The van der Waals surface area contributed by atoms with E-state index >= 15 is 0 Å². The van der Waals surface area contributed by atoms with Gasteiger partial charge in [0.1, 0.15) is 6.20 Å². The molecule has 0 saturated heterocycles. The van der Waals surface area contributed by atoms with Gasteiger partial charge in [0.25, 0.3) is 0 Å². The van der Waals surface area contributed by atoms with Gasteiger partial charge < -0.3 is 5.32 Å². The predicted molar refractivity (Wildman–Crippen MR) is 70.9 cm³/mol. The number of hydrogen-bond donors (Lipinski definition) is 1. The molecule has 1 atom stereocenters. The van der Waals surface area contributed by atoms with E-state index in [4.69, 9.17) is 11.6 Å². The molecule has 0 aliphatic rings. The first-order valence-corrected chi connectivity index (χ1v) is 6.21. The monoisotopic (exact) mass is 272 g/mol. The molecule has 0 aliphatic carbocycles. The molecule has 1 aromatic heterocycles. The van der Waals surface area contributed by atoms with Crippen LogP contribution in [-0.2, 0) is 0 Å². The van der Waals surface area contributed by atoms with Crippen LogP contribution >= 0.6 is 11.6 Å². The number of hydrogen-bond acceptors (Lipinski definition) is 5. The zero-order valence-electron chi connectivity index (χ0n) is 10.7. The van der Waals surface area contributed by atoms with E-state index in [2.05, 4.69) is 29.1 Å². The lowest BCUT2D eigenvalue weighted by Crippen LogP contribution is -2.18. The number of halogens is 1. The minimum absolute atomic E-state index is 0.000778. The maximum atomic E-state index is 10.8. The second-order valence-corrected chi connectivity index (χ2v) is 4.98. The van der Waals surface area contributed by atoms with Gasteiger partial charge in [-0.05, 0) is 37.3 Å². The molecule has 1 rings (SSSR count). The van der Waals surface area contributed by atoms with Crippen LogP contribution < -0.4 is 5.32 Å². The second-order valence-electron chi connectivity index (χ2n) is 4.65. The van der Waals surface area contributed by atoms with Crippen molar-refractivity contribution in [2.75, 3.05) is 5.32 Å². The Morgan fingerprint density at radius 1 is 1.44 bits per heavy atom. The van der Waals surface area contributed by atoms with Gasteiger partial charge in [-0.25, -0.2) is 4.98 Å². The zero-order valence-corrected chi connectivity index (χ0v) is 11.4. The van der Waals surface area contributed by atoms with Gasteiger partial charge in [0.05, 0.1) is 4.92 Å². The van der Waals surface area contributed by atoms with Crippen LogP contribution in [0.3, 0.4) is 0 Å². The van der Waals surface area contributed by atoms with Crippen molar-refractivity contribution in [2.24, 2.45) is 5.92 Å². The van der Waals surface area contributed by atoms with E-state index in [1.165, 1.54) is 0 Å². The number of nitrogens with zero attached hydrogens (tertiary/aromatic N) is 3. The van der Waals surface area contributed by atoms with E-state index in [-0.39, 0.29) is 22.8 Å². The molecule has 0 aliphatic heterocycles. The maximum Gasteiger partial charge on any atom is 0.329 e. The largest absolute Gasteiger partial charge is 0.362 e. The number of nitro groups is 1. The normalized spacial score (nSPS) is 12.5. The van der Waals surface area contributed by atoms with Crippen molar-refractivity contribution in [2.45, 2.75) is 39.7 Å². The van der Waals surface area contributed by atoms with Crippen molar-refractivity contribution in [3.05, 3.63) is 21.6 Å². The van der Waals surface area contributed by atoms with Gasteiger partial charge in [0.2, 0.25) is 11.1 Å². The molecule has 1 heterocycles. The van der Waals surface area contributed by atoms with Crippen LogP contribution in [0.15, 0.2) is 6.20 Å². The zero-order chi connectivity index (χ0) is 13.7. The lowest BCUT2D eigenvalue weighted by Gasteiger charge is -2.15. The predicted octanol–water partition coefficient (Wildman–Crippen LogP) is 3.27. The first kappa shape index (κ1) is 14.6. The lowest BCUT2D eigenvalue weighted by molar-refractivity contribution is -0.384. The van der Waals surface area contributed by atoms with Crippen molar-refractivity contribution in [1.82, 2.24) is 9.97 Å². The van der Waals surface area contributed by atoms with E-state index in [1.54, 1.807) is 0 Å². The summed E-state index contributed by atoms with van der Waals surface area (Å²) in [5, 5.41) is 13.8. The second kappa shape index (κ2) is 6.49. The van der Waals surface area contributed by atoms with E-state index in [0.29, 0.717) is 5.92 Å². The summed E-state index contributed by atoms with van der Waals surface area (Å²) in [6, 6.07) is 0.0945. The third kappa shape index (κ3) is 4.44. The topological polar surface area (TPSA) is 81.0 Å². The third-order valence-corrected chi connectivity index (χ3v) is 2.68. The average Bonchev–Trinajstić information content (AvgIpc) is 2.26. The highest BCUT2D eigenvalue weighted by molar-refractivity contribution is 6.28. The standard InChI is InChI=1S/C11H17ClN4O2/c1-7(2)4-5-8(3)14-10-9(16(17)18)6-13-11(12)15-10/h6-8H,4-5H2,1-3H3,(H,13,14,15). The van der Waals surface area contributed by atoms with E-state index in [9.17, 15) is 10.1 Å². The van der Waals surface area contributed by atoms with Gasteiger partial charge in [-0.1, -0.05) is 13.8 Å². The molecule has 1 unspecified atom stereocenters. The molecule has 0 radical (unpaired) electrons. The molecule has 7 heteroatoms. The summed E-state index contributed by atoms with van der Waals surface area (Å²) < 4.78 is 0. The number of aromatic nitrogens is 2. The highest BCUT2D eigenvalue weighted by Crippen LogP contribution is 2.23.